The van der Waals surface area contributed by atoms with Crippen molar-refractivity contribution in [3.05, 3.63) is 75.3 Å². The number of ether oxygens (including phenoxy) is 1. The highest BCUT2D eigenvalue weighted by Crippen LogP contribution is 2.46. The average molecular weight is 521 g/mol. The highest BCUT2D eigenvalue weighted by molar-refractivity contribution is 9.10. The van der Waals surface area contributed by atoms with Gasteiger partial charge in [0.2, 0.25) is 0 Å². The fourth-order valence-corrected chi connectivity index (χ4v) is 5.19. The van der Waals surface area contributed by atoms with Crippen molar-refractivity contribution in [3.8, 4) is 0 Å². The zero-order valence-electron chi connectivity index (χ0n) is 17.9. The van der Waals surface area contributed by atoms with Gasteiger partial charge in [-0.15, -0.1) is 10.2 Å². The predicted molar refractivity (Wildman–Crippen MR) is 118 cm³/mol. The number of anilines is 1. The normalized spacial score (nSPS) is 19.5. The predicted octanol–water partition coefficient (Wildman–Crippen LogP) is 4.83. The van der Waals surface area contributed by atoms with Crippen LogP contribution in [0.4, 0.5) is 18.9 Å². The molecule has 2 aliphatic heterocycles. The van der Waals surface area contributed by atoms with Crippen LogP contribution in [0.1, 0.15) is 45.8 Å². The number of alkyl halides is 3. The molecule has 1 aromatic heterocycles. The summed E-state index contributed by atoms with van der Waals surface area (Å²) < 4.78 is 48.9. The van der Waals surface area contributed by atoms with Gasteiger partial charge in [0.05, 0.1) is 24.8 Å². The summed E-state index contributed by atoms with van der Waals surface area (Å²) in [5, 5.41) is 8.12. The van der Waals surface area contributed by atoms with Gasteiger partial charge in [-0.2, -0.15) is 13.2 Å². The number of fused-ring (bicyclic) bond motifs is 1. The van der Waals surface area contributed by atoms with E-state index in [1.165, 1.54) is 11.0 Å². The first kappa shape index (κ1) is 22.1. The highest BCUT2D eigenvalue weighted by Gasteiger charge is 2.45. The van der Waals surface area contributed by atoms with Crippen molar-refractivity contribution in [2.45, 2.75) is 31.0 Å². The number of benzene rings is 2. The second-order valence-electron chi connectivity index (χ2n) is 8.62. The lowest BCUT2D eigenvalue weighted by atomic mass is 9.75. The molecule has 2 aliphatic rings. The summed E-state index contributed by atoms with van der Waals surface area (Å²) >= 11 is 3.12. The number of carbonyl (C=O) groups excluding carboxylic acids is 1. The maximum atomic E-state index is 13.8. The Bertz CT molecular complexity index is 1250. The number of hydrogen-bond donors (Lipinski definition) is 0. The molecule has 1 atom stereocenters. The van der Waals surface area contributed by atoms with Crippen LogP contribution < -0.4 is 4.90 Å². The first-order valence-corrected chi connectivity index (χ1v) is 11.2. The van der Waals surface area contributed by atoms with Crippen molar-refractivity contribution >= 4 is 27.5 Å². The smallest absolute Gasteiger partial charge is 0.379 e. The van der Waals surface area contributed by atoms with E-state index in [0.717, 1.165) is 17.5 Å². The molecule has 33 heavy (non-hydrogen) atoms. The van der Waals surface area contributed by atoms with Crippen molar-refractivity contribution in [2.75, 3.05) is 18.1 Å². The molecule has 5 rings (SSSR count). The lowest BCUT2D eigenvalue weighted by Crippen LogP contribution is -2.49. The monoisotopic (exact) mass is 520 g/mol. The third-order valence-corrected chi connectivity index (χ3v) is 6.96. The third kappa shape index (κ3) is 3.56. The first-order valence-electron chi connectivity index (χ1n) is 10.4. The van der Waals surface area contributed by atoms with Gasteiger partial charge in [0.15, 0.2) is 0 Å². The summed E-state index contributed by atoms with van der Waals surface area (Å²) in [6, 6.07) is 9.14. The van der Waals surface area contributed by atoms with Crippen molar-refractivity contribution < 1.29 is 22.7 Å². The number of nitrogens with zero attached hydrogens (tertiary/aromatic N) is 4. The molecule has 0 aliphatic carbocycles. The maximum Gasteiger partial charge on any atom is 0.416 e. The van der Waals surface area contributed by atoms with Crippen LogP contribution in [0.3, 0.4) is 0 Å². The molecular formula is C23H20BrF3N4O2. The Morgan fingerprint density at radius 2 is 2.00 bits per heavy atom. The summed E-state index contributed by atoms with van der Waals surface area (Å²) in [5.41, 5.74) is 0.433. The Labute approximate surface area is 196 Å². The Balaban J connectivity index is 1.54. The molecule has 10 heteroatoms. The van der Waals surface area contributed by atoms with Crippen LogP contribution in [-0.4, -0.2) is 33.9 Å². The van der Waals surface area contributed by atoms with E-state index in [0.29, 0.717) is 25.3 Å². The minimum absolute atomic E-state index is 0.00174. The minimum Gasteiger partial charge on any atom is -0.379 e. The van der Waals surface area contributed by atoms with E-state index in [9.17, 15) is 18.0 Å². The molecule has 0 bridgehead atoms. The molecule has 172 valence electrons. The van der Waals surface area contributed by atoms with E-state index in [2.05, 4.69) is 26.1 Å². The SMILES string of the molecule is CC1c2c(cc(Br)cc2C(F)(F)F)C(=O)N1c1cccc(C2(Cc3nncn3C)COC2)c1. The topological polar surface area (TPSA) is 60.2 Å². The quantitative estimate of drug-likeness (QED) is 0.494. The first-order chi connectivity index (χ1) is 15.6. The number of amides is 1. The number of carbonyl (C=O) groups is 1. The minimum atomic E-state index is -4.57. The molecule has 1 unspecified atom stereocenters. The van der Waals surface area contributed by atoms with Gasteiger partial charge >= 0.3 is 6.18 Å². The van der Waals surface area contributed by atoms with Gasteiger partial charge in [-0.1, -0.05) is 28.1 Å². The van der Waals surface area contributed by atoms with Crippen molar-refractivity contribution in [3.63, 3.8) is 0 Å². The lowest BCUT2D eigenvalue weighted by molar-refractivity contribution is -0.138. The van der Waals surface area contributed by atoms with Gasteiger partial charge in [-0.25, -0.2) is 0 Å². The lowest BCUT2D eigenvalue weighted by Gasteiger charge is -2.42. The van der Waals surface area contributed by atoms with Crippen LogP contribution in [-0.2, 0) is 29.8 Å². The van der Waals surface area contributed by atoms with Crippen LogP contribution in [0, 0.1) is 0 Å². The van der Waals surface area contributed by atoms with Gasteiger partial charge in [-0.3, -0.25) is 4.79 Å². The molecule has 3 heterocycles. The Kier molecular flexibility index (Phi) is 5.13. The average Bonchev–Trinajstić information content (AvgIpc) is 3.24. The second kappa shape index (κ2) is 7.66. The molecule has 1 fully saturated rings. The number of aromatic nitrogens is 3. The van der Waals surface area contributed by atoms with Gasteiger partial charge < -0.3 is 14.2 Å². The van der Waals surface area contributed by atoms with E-state index < -0.39 is 23.7 Å². The second-order valence-corrected chi connectivity index (χ2v) is 9.54. The zero-order valence-corrected chi connectivity index (χ0v) is 19.4. The van der Waals surface area contributed by atoms with Crippen LogP contribution in [0.15, 0.2) is 47.2 Å². The number of hydrogen-bond acceptors (Lipinski definition) is 4. The van der Waals surface area contributed by atoms with E-state index in [1.807, 2.05) is 29.8 Å². The van der Waals surface area contributed by atoms with Gasteiger partial charge in [0.1, 0.15) is 12.2 Å². The van der Waals surface area contributed by atoms with Crippen LogP contribution in [0.2, 0.25) is 0 Å². The molecular weight excluding hydrogens is 501 g/mol. The van der Waals surface area contributed by atoms with Crippen LogP contribution in [0.5, 0.6) is 0 Å². The van der Waals surface area contributed by atoms with E-state index in [1.54, 1.807) is 19.3 Å². The Morgan fingerprint density at radius 1 is 1.24 bits per heavy atom. The summed E-state index contributed by atoms with van der Waals surface area (Å²) in [6.07, 6.45) is -2.33. The fraction of sp³-hybridized carbons (Fsp3) is 0.348. The summed E-state index contributed by atoms with van der Waals surface area (Å²) in [5.74, 6) is 0.357. The van der Waals surface area contributed by atoms with E-state index in [4.69, 9.17) is 4.74 Å². The Hall–Kier alpha value is -2.72. The van der Waals surface area contributed by atoms with E-state index in [-0.39, 0.29) is 21.0 Å². The van der Waals surface area contributed by atoms with Gasteiger partial charge in [0.25, 0.3) is 5.91 Å². The number of rotatable bonds is 4. The number of aryl methyl sites for hydroxylation is 1. The molecule has 1 saturated heterocycles. The molecule has 0 spiro atoms. The molecule has 3 aromatic rings. The molecule has 0 saturated carbocycles. The number of halogens is 4. The zero-order chi connectivity index (χ0) is 23.5. The largest absolute Gasteiger partial charge is 0.416 e. The third-order valence-electron chi connectivity index (χ3n) is 6.50. The van der Waals surface area contributed by atoms with Crippen molar-refractivity contribution in [1.29, 1.82) is 0 Å². The Morgan fingerprint density at radius 3 is 2.61 bits per heavy atom. The van der Waals surface area contributed by atoms with Crippen LogP contribution >= 0.6 is 15.9 Å². The van der Waals surface area contributed by atoms with Crippen molar-refractivity contribution in [2.24, 2.45) is 7.05 Å². The molecule has 1 amide bonds. The van der Waals surface area contributed by atoms with E-state index >= 15 is 0 Å². The summed E-state index contributed by atoms with van der Waals surface area (Å²) in [6.45, 7) is 2.59. The molecule has 6 nitrogen and oxygen atoms in total. The standard InChI is InChI=1S/C23H20BrF3N4O2/c1-13-20-17(7-15(24)8-18(20)23(25,26)27)21(32)31(13)16-5-3-4-14(6-16)22(10-33-11-22)9-19-29-28-12-30(19)2/h3-8,12-13H,9-11H2,1-2H3. The van der Waals surface area contributed by atoms with Gasteiger partial charge in [0, 0.05) is 34.6 Å². The van der Waals surface area contributed by atoms with Crippen LogP contribution in [0.25, 0.3) is 0 Å². The molecule has 2 aromatic carbocycles. The molecule has 0 radical (unpaired) electrons. The van der Waals surface area contributed by atoms with Gasteiger partial charge in [-0.05, 0) is 42.3 Å². The van der Waals surface area contributed by atoms with Crippen molar-refractivity contribution in [1.82, 2.24) is 14.8 Å². The maximum absolute atomic E-state index is 13.8. The summed E-state index contributed by atoms with van der Waals surface area (Å²) in [4.78, 5) is 14.7. The highest BCUT2D eigenvalue weighted by atomic mass is 79.9. The summed E-state index contributed by atoms with van der Waals surface area (Å²) in [7, 11) is 1.87. The molecule has 0 N–H and O–H groups in total. The fourth-order valence-electron chi connectivity index (χ4n) is 4.73.